The minimum Gasteiger partial charge on any atom is -0.466 e. The summed E-state index contributed by atoms with van der Waals surface area (Å²) in [7, 11) is 0. The first-order valence-electron chi connectivity index (χ1n) is 11.5. The van der Waals surface area contributed by atoms with Gasteiger partial charge in [-0.1, -0.05) is 24.3 Å². The van der Waals surface area contributed by atoms with E-state index in [-0.39, 0.29) is 31.9 Å². The van der Waals surface area contributed by atoms with Gasteiger partial charge in [0, 0.05) is 13.1 Å². The van der Waals surface area contributed by atoms with Crippen molar-refractivity contribution in [1.29, 1.82) is 0 Å². The van der Waals surface area contributed by atoms with Crippen molar-refractivity contribution in [2.45, 2.75) is 26.3 Å². The molecule has 11 heteroatoms. The minimum absolute atomic E-state index is 0.0154. The van der Waals surface area contributed by atoms with Gasteiger partial charge in [-0.05, 0) is 49.6 Å². The van der Waals surface area contributed by atoms with Crippen LogP contribution in [-0.2, 0) is 16.1 Å². The third-order valence-corrected chi connectivity index (χ3v) is 5.90. The van der Waals surface area contributed by atoms with Gasteiger partial charge in [0.25, 0.3) is 11.5 Å². The van der Waals surface area contributed by atoms with Gasteiger partial charge >= 0.3 is 11.7 Å². The number of hydrogen-bond acceptors (Lipinski definition) is 6. The maximum Gasteiger partial charge on any atom is 0.352 e. The summed E-state index contributed by atoms with van der Waals surface area (Å²) in [6, 6.07) is 10.6. The van der Waals surface area contributed by atoms with Crippen molar-refractivity contribution in [3.63, 3.8) is 0 Å². The van der Waals surface area contributed by atoms with Crippen LogP contribution >= 0.6 is 0 Å². The van der Waals surface area contributed by atoms with E-state index in [4.69, 9.17) is 4.74 Å². The molecule has 2 aromatic carbocycles. The number of aromatic nitrogens is 3. The Labute approximate surface area is 204 Å². The predicted molar refractivity (Wildman–Crippen MR) is 125 cm³/mol. The predicted octanol–water partition coefficient (Wildman–Crippen LogP) is 2.14. The topological polar surface area (TPSA) is 104 Å². The molecule has 9 nitrogen and oxygen atoms in total. The maximum absolute atomic E-state index is 14.6. The highest BCUT2D eigenvalue weighted by Gasteiger charge is 2.32. The molecule has 0 saturated carbocycles. The molecule has 0 N–H and O–H groups in total. The standard InChI is InChI=1S/C25H24F2N4O5/c1-2-36-24(34)17-8-6-12-29(15-17)22(32)21-23(33)30(14-16-7-5-9-18(26)13-16)25(35)31(28-21)20-11-4-3-10-19(20)27/h3-5,7,9-11,13,17H,2,6,8,12,14-15H2,1H3/t17-/m0/s1. The Balaban J connectivity index is 1.80. The second-order valence-electron chi connectivity index (χ2n) is 8.36. The number of piperidine rings is 1. The second-order valence-corrected chi connectivity index (χ2v) is 8.36. The number of likely N-dealkylation sites (tertiary alicyclic amines) is 1. The van der Waals surface area contributed by atoms with Crippen molar-refractivity contribution in [2.24, 2.45) is 5.92 Å². The average molecular weight is 498 g/mol. The monoisotopic (exact) mass is 498 g/mol. The molecule has 0 spiro atoms. The molecule has 0 unspecified atom stereocenters. The molecule has 0 aliphatic carbocycles. The average Bonchev–Trinajstić information content (AvgIpc) is 2.87. The van der Waals surface area contributed by atoms with Crippen LogP contribution in [0.5, 0.6) is 0 Å². The van der Waals surface area contributed by atoms with Crippen molar-refractivity contribution in [3.8, 4) is 5.69 Å². The van der Waals surface area contributed by atoms with Gasteiger partial charge in [-0.25, -0.2) is 13.6 Å². The lowest BCUT2D eigenvalue weighted by Gasteiger charge is -2.31. The molecule has 1 aliphatic rings. The fourth-order valence-electron chi connectivity index (χ4n) is 4.15. The van der Waals surface area contributed by atoms with E-state index in [2.05, 4.69) is 5.10 Å². The summed E-state index contributed by atoms with van der Waals surface area (Å²) in [5.74, 6) is -3.16. The van der Waals surface area contributed by atoms with E-state index >= 15 is 0 Å². The normalized spacial score (nSPS) is 15.5. The molecule has 3 aromatic rings. The van der Waals surface area contributed by atoms with Gasteiger partial charge in [0.15, 0.2) is 0 Å². The molecule has 1 saturated heterocycles. The zero-order valence-electron chi connectivity index (χ0n) is 19.5. The van der Waals surface area contributed by atoms with Gasteiger partial charge in [-0.2, -0.15) is 9.78 Å². The maximum atomic E-state index is 14.6. The molecule has 188 valence electrons. The Kier molecular flexibility index (Phi) is 7.37. The molecule has 1 atom stereocenters. The third-order valence-electron chi connectivity index (χ3n) is 5.90. The quantitative estimate of drug-likeness (QED) is 0.483. The van der Waals surface area contributed by atoms with E-state index in [1.54, 1.807) is 6.92 Å². The molecular weight excluding hydrogens is 474 g/mol. The number of ether oxygens (including phenoxy) is 1. The largest absolute Gasteiger partial charge is 0.466 e. The summed E-state index contributed by atoms with van der Waals surface area (Å²) < 4.78 is 34.8. The molecule has 2 heterocycles. The SMILES string of the molecule is CCOC(=O)[C@H]1CCCN(C(=O)c2nn(-c3ccccc3F)c(=O)n(Cc3cccc(F)c3)c2=O)C1. The number of hydrogen-bond donors (Lipinski definition) is 0. The first-order chi connectivity index (χ1) is 17.3. The summed E-state index contributed by atoms with van der Waals surface area (Å²) in [4.78, 5) is 53.5. The van der Waals surface area contributed by atoms with Gasteiger partial charge in [-0.3, -0.25) is 19.0 Å². The Hall–Kier alpha value is -4.15. The number of carbonyl (C=O) groups excluding carboxylic acids is 2. The highest BCUT2D eigenvalue weighted by molar-refractivity contribution is 5.92. The molecular formula is C25H24F2N4O5. The number of para-hydroxylation sites is 1. The van der Waals surface area contributed by atoms with Crippen LogP contribution in [0.15, 0.2) is 58.1 Å². The number of rotatable bonds is 6. The number of nitrogens with zero attached hydrogens (tertiary/aromatic N) is 4. The summed E-state index contributed by atoms with van der Waals surface area (Å²) in [5, 5.41) is 3.95. The molecule has 1 aliphatic heterocycles. The summed E-state index contributed by atoms with van der Waals surface area (Å²) in [5.41, 5.74) is -2.57. The van der Waals surface area contributed by atoms with Crippen molar-refractivity contribution in [3.05, 3.63) is 92.3 Å². The molecule has 4 rings (SSSR count). The third kappa shape index (κ3) is 5.09. The molecule has 0 radical (unpaired) electrons. The second kappa shape index (κ2) is 10.6. The van der Waals surface area contributed by atoms with Crippen LogP contribution in [0.1, 0.15) is 35.8 Å². The van der Waals surface area contributed by atoms with Crippen LogP contribution in [0, 0.1) is 17.6 Å². The van der Waals surface area contributed by atoms with E-state index < -0.39 is 46.4 Å². The van der Waals surface area contributed by atoms with Crippen LogP contribution in [-0.4, -0.2) is 50.8 Å². The molecule has 1 aromatic heterocycles. The van der Waals surface area contributed by atoms with Crippen LogP contribution in [0.4, 0.5) is 8.78 Å². The van der Waals surface area contributed by atoms with Crippen LogP contribution in [0.3, 0.4) is 0 Å². The van der Waals surface area contributed by atoms with E-state index in [0.29, 0.717) is 27.7 Å². The first kappa shape index (κ1) is 25.0. The molecule has 1 fully saturated rings. The number of amides is 1. The van der Waals surface area contributed by atoms with E-state index in [9.17, 15) is 28.0 Å². The Bertz CT molecular complexity index is 1420. The lowest BCUT2D eigenvalue weighted by Crippen LogP contribution is -2.49. The number of esters is 1. The van der Waals surface area contributed by atoms with Gasteiger partial charge in [-0.15, -0.1) is 0 Å². The fourth-order valence-corrected chi connectivity index (χ4v) is 4.15. The van der Waals surface area contributed by atoms with E-state index in [1.165, 1.54) is 41.3 Å². The number of benzene rings is 2. The van der Waals surface area contributed by atoms with E-state index in [1.807, 2.05) is 0 Å². The fraction of sp³-hybridized carbons (Fsp3) is 0.320. The van der Waals surface area contributed by atoms with Gasteiger partial charge in [0.05, 0.1) is 19.1 Å². The van der Waals surface area contributed by atoms with Crippen molar-refractivity contribution in [1.82, 2.24) is 19.2 Å². The highest BCUT2D eigenvalue weighted by Crippen LogP contribution is 2.19. The summed E-state index contributed by atoms with van der Waals surface area (Å²) >= 11 is 0. The van der Waals surface area contributed by atoms with Crippen LogP contribution in [0.2, 0.25) is 0 Å². The number of halogens is 2. The molecule has 0 bridgehead atoms. The van der Waals surface area contributed by atoms with Gasteiger partial charge in [0.1, 0.15) is 17.3 Å². The van der Waals surface area contributed by atoms with E-state index in [0.717, 1.165) is 12.1 Å². The lowest BCUT2D eigenvalue weighted by atomic mass is 9.98. The summed E-state index contributed by atoms with van der Waals surface area (Å²) in [6.45, 7) is 1.79. The number of carbonyl (C=O) groups is 2. The Morgan fingerprint density at radius 3 is 2.61 bits per heavy atom. The minimum atomic E-state index is -1.000. The summed E-state index contributed by atoms with van der Waals surface area (Å²) in [6.07, 6.45) is 1.02. The smallest absolute Gasteiger partial charge is 0.352 e. The van der Waals surface area contributed by atoms with Crippen molar-refractivity contribution >= 4 is 11.9 Å². The van der Waals surface area contributed by atoms with Gasteiger partial charge in [0.2, 0.25) is 5.69 Å². The first-order valence-corrected chi connectivity index (χ1v) is 11.5. The van der Waals surface area contributed by atoms with Crippen molar-refractivity contribution in [2.75, 3.05) is 19.7 Å². The Morgan fingerprint density at radius 2 is 1.89 bits per heavy atom. The van der Waals surface area contributed by atoms with Crippen LogP contribution < -0.4 is 11.2 Å². The molecule has 1 amide bonds. The zero-order chi connectivity index (χ0) is 25.8. The lowest BCUT2D eigenvalue weighted by molar-refractivity contribution is -0.149. The highest BCUT2D eigenvalue weighted by atomic mass is 19.1. The van der Waals surface area contributed by atoms with Crippen LogP contribution in [0.25, 0.3) is 5.69 Å². The van der Waals surface area contributed by atoms with Gasteiger partial charge < -0.3 is 9.64 Å². The zero-order valence-corrected chi connectivity index (χ0v) is 19.5. The Morgan fingerprint density at radius 1 is 1.11 bits per heavy atom. The molecule has 36 heavy (non-hydrogen) atoms. The van der Waals surface area contributed by atoms with Crippen molar-refractivity contribution < 1.29 is 23.1 Å².